The lowest BCUT2D eigenvalue weighted by molar-refractivity contribution is -0.121. The van der Waals surface area contributed by atoms with E-state index in [-0.39, 0.29) is 5.91 Å². The first kappa shape index (κ1) is 15.1. The molecule has 0 N–H and O–H groups in total. The number of amides is 1. The minimum absolute atomic E-state index is 0.0267. The van der Waals surface area contributed by atoms with E-state index in [0.717, 1.165) is 12.1 Å². The van der Waals surface area contributed by atoms with Crippen LogP contribution in [0.1, 0.15) is 23.9 Å². The van der Waals surface area contributed by atoms with Crippen molar-refractivity contribution in [2.45, 2.75) is 27.3 Å². The Morgan fingerprint density at radius 1 is 1.45 bits per heavy atom. The van der Waals surface area contributed by atoms with Crippen molar-refractivity contribution < 1.29 is 4.79 Å². The Bertz CT molecular complexity index is 614. The van der Waals surface area contributed by atoms with Gasteiger partial charge < -0.3 is 4.57 Å². The van der Waals surface area contributed by atoms with Crippen LogP contribution in [-0.2, 0) is 11.3 Å². The van der Waals surface area contributed by atoms with Gasteiger partial charge in [0.25, 0.3) is 5.91 Å². The Labute approximate surface area is 129 Å². The second-order valence-electron chi connectivity index (χ2n) is 4.65. The molecule has 0 unspecified atom stereocenters. The van der Waals surface area contributed by atoms with E-state index in [1.807, 2.05) is 6.08 Å². The molecule has 0 spiro atoms. The third-order valence-corrected chi connectivity index (χ3v) is 4.78. The summed E-state index contributed by atoms with van der Waals surface area (Å²) >= 11 is 6.60. The first-order valence-electron chi connectivity index (χ1n) is 6.52. The van der Waals surface area contributed by atoms with E-state index in [1.54, 1.807) is 11.0 Å². The van der Waals surface area contributed by atoms with E-state index in [2.05, 4.69) is 38.0 Å². The molecule has 2 rings (SSSR count). The average molecular weight is 306 g/mol. The molecule has 2 heterocycles. The van der Waals surface area contributed by atoms with Gasteiger partial charge in [-0.2, -0.15) is 0 Å². The number of hydrogen-bond donors (Lipinski definition) is 0. The second kappa shape index (κ2) is 5.97. The summed E-state index contributed by atoms with van der Waals surface area (Å²) in [5, 5.41) is 0. The Morgan fingerprint density at radius 2 is 2.15 bits per heavy atom. The van der Waals surface area contributed by atoms with Gasteiger partial charge in [-0.3, -0.25) is 9.69 Å². The van der Waals surface area contributed by atoms with Gasteiger partial charge in [-0.25, -0.2) is 0 Å². The smallest absolute Gasteiger partial charge is 0.266 e. The number of nitrogens with zero attached hydrogens (tertiary/aromatic N) is 2. The molecule has 1 aromatic heterocycles. The summed E-state index contributed by atoms with van der Waals surface area (Å²) < 4.78 is 2.83. The molecule has 1 aliphatic heterocycles. The summed E-state index contributed by atoms with van der Waals surface area (Å²) in [6.07, 6.45) is 3.63. The Morgan fingerprint density at radius 3 is 2.70 bits per heavy atom. The molecular weight excluding hydrogens is 288 g/mol. The third-order valence-electron chi connectivity index (χ3n) is 3.40. The number of aromatic nitrogens is 1. The predicted octanol–water partition coefficient (Wildman–Crippen LogP) is 3.51. The highest BCUT2D eigenvalue weighted by molar-refractivity contribution is 8.26. The highest BCUT2D eigenvalue weighted by Crippen LogP contribution is 2.33. The molecule has 0 bridgehead atoms. The number of aryl methyl sites for hydroxylation is 1. The van der Waals surface area contributed by atoms with Gasteiger partial charge in [0, 0.05) is 24.5 Å². The normalized spacial score (nSPS) is 17.4. The Kier molecular flexibility index (Phi) is 4.50. The lowest BCUT2D eigenvalue weighted by Crippen LogP contribution is -2.27. The third kappa shape index (κ3) is 2.60. The van der Waals surface area contributed by atoms with Crippen molar-refractivity contribution in [3.63, 3.8) is 0 Å². The van der Waals surface area contributed by atoms with Crippen LogP contribution in [0.2, 0.25) is 0 Å². The number of thiocarbonyl (C=S) groups is 1. The molecule has 1 aromatic rings. The van der Waals surface area contributed by atoms with E-state index in [0.29, 0.717) is 15.8 Å². The summed E-state index contributed by atoms with van der Waals surface area (Å²) in [4.78, 5) is 14.5. The van der Waals surface area contributed by atoms with Crippen LogP contribution >= 0.6 is 24.0 Å². The van der Waals surface area contributed by atoms with Gasteiger partial charge in [-0.15, -0.1) is 6.58 Å². The number of carbonyl (C=O) groups excluding carboxylic acids is 1. The Balaban J connectivity index is 2.35. The van der Waals surface area contributed by atoms with Crippen molar-refractivity contribution in [2.24, 2.45) is 0 Å². The standard InChI is InChI=1S/C15H18N2OS2/c1-5-7-17-14(18)13(20-15(17)19)9-12-8-10(3)16(6-2)11(12)4/h5,8-9H,1,6-7H2,2-4H3/b13-9-. The monoisotopic (exact) mass is 306 g/mol. The molecule has 5 heteroatoms. The minimum atomic E-state index is -0.0267. The predicted molar refractivity (Wildman–Crippen MR) is 89.7 cm³/mol. The molecule has 20 heavy (non-hydrogen) atoms. The molecule has 3 nitrogen and oxygen atoms in total. The number of rotatable bonds is 4. The molecule has 1 saturated heterocycles. The van der Waals surface area contributed by atoms with Gasteiger partial charge in [0.05, 0.1) is 4.91 Å². The van der Waals surface area contributed by atoms with E-state index in [1.165, 1.54) is 23.1 Å². The van der Waals surface area contributed by atoms with Gasteiger partial charge in [0.15, 0.2) is 0 Å². The fourth-order valence-electron chi connectivity index (χ4n) is 2.39. The summed E-state index contributed by atoms with van der Waals surface area (Å²) in [5.74, 6) is -0.0267. The van der Waals surface area contributed by atoms with Gasteiger partial charge in [-0.1, -0.05) is 30.1 Å². The quantitative estimate of drug-likeness (QED) is 0.483. The molecule has 1 amide bonds. The highest BCUT2D eigenvalue weighted by Gasteiger charge is 2.31. The van der Waals surface area contributed by atoms with Gasteiger partial charge in [0.2, 0.25) is 0 Å². The van der Waals surface area contributed by atoms with Crippen molar-refractivity contribution >= 4 is 40.3 Å². The van der Waals surface area contributed by atoms with Crippen molar-refractivity contribution in [1.29, 1.82) is 0 Å². The van der Waals surface area contributed by atoms with Crippen LogP contribution < -0.4 is 0 Å². The van der Waals surface area contributed by atoms with E-state index >= 15 is 0 Å². The molecule has 0 saturated carbocycles. The minimum Gasteiger partial charge on any atom is -0.349 e. The zero-order chi connectivity index (χ0) is 14.9. The highest BCUT2D eigenvalue weighted by atomic mass is 32.2. The summed E-state index contributed by atoms with van der Waals surface area (Å²) in [6.45, 7) is 11.3. The molecule has 106 valence electrons. The summed E-state index contributed by atoms with van der Waals surface area (Å²) in [5.41, 5.74) is 3.47. The van der Waals surface area contributed by atoms with Crippen LogP contribution in [0, 0.1) is 13.8 Å². The molecule has 0 aliphatic carbocycles. The van der Waals surface area contributed by atoms with Crippen LogP contribution in [0.3, 0.4) is 0 Å². The van der Waals surface area contributed by atoms with Crippen LogP contribution in [0.15, 0.2) is 23.6 Å². The first-order chi connectivity index (χ1) is 9.49. The zero-order valence-electron chi connectivity index (χ0n) is 12.0. The van der Waals surface area contributed by atoms with Crippen LogP contribution in [-0.4, -0.2) is 26.2 Å². The summed E-state index contributed by atoms with van der Waals surface area (Å²) in [7, 11) is 0. The van der Waals surface area contributed by atoms with Gasteiger partial charge in [-0.05, 0) is 38.5 Å². The molecule has 0 radical (unpaired) electrons. The molecular formula is C15H18N2OS2. The molecule has 1 fully saturated rings. The van der Waals surface area contributed by atoms with E-state index in [4.69, 9.17) is 12.2 Å². The lowest BCUT2D eigenvalue weighted by atomic mass is 10.2. The van der Waals surface area contributed by atoms with Crippen molar-refractivity contribution in [1.82, 2.24) is 9.47 Å². The van der Waals surface area contributed by atoms with Crippen LogP contribution in [0.5, 0.6) is 0 Å². The maximum atomic E-state index is 12.3. The van der Waals surface area contributed by atoms with Gasteiger partial charge in [0.1, 0.15) is 4.32 Å². The first-order valence-corrected chi connectivity index (χ1v) is 7.75. The fraction of sp³-hybridized carbons (Fsp3) is 0.333. The van der Waals surface area contributed by atoms with Crippen LogP contribution in [0.25, 0.3) is 6.08 Å². The average Bonchev–Trinajstić information content (AvgIpc) is 2.82. The van der Waals surface area contributed by atoms with Gasteiger partial charge >= 0.3 is 0 Å². The fourth-order valence-corrected chi connectivity index (χ4v) is 3.65. The maximum Gasteiger partial charge on any atom is 0.266 e. The second-order valence-corrected chi connectivity index (χ2v) is 6.33. The van der Waals surface area contributed by atoms with Crippen molar-refractivity contribution in [2.75, 3.05) is 6.54 Å². The number of carbonyl (C=O) groups is 1. The molecule has 1 aliphatic rings. The molecule has 0 aromatic carbocycles. The molecule has 0 atom stereocenters. The SMILES string of the molecule is C=CCN1C(=O)/C(=C/c2cc(C)n(CC)c2C)SC1=S. The van der Waals surface area contributed by atoms with Crippen molar-refractivity contribution in [3.8, 4) is 0 Å². The van der Waals surface area contributed by atoms with E-state index in [9.17, 15) is 4.79 Å². The lowest BCUT2D eigenvalue weighted by Gasteiger charge is -2.10. The zero-order valence-corrected chi connectivity index (χ0v) is 13.6. The van der Waals surface area contributed by atoms with E-state index < -0.39 is 0 Å². The van der Waals surface area contributed by atoms with Crippen molar-refractivity contribution in [3.05, 3.63) is 40.6 Å². The maximum absolute atomic E-state index is 12.3. The number of thioether (sulfide) groups is 1. The largest absolute Gasteiger partial charge is 0.349 e. The topological polar surface area (TPSA) is 25.2 Å². The Hall–Kier alpha value is -1.33. The van der Waals surface area contributed by atoms with Crippen LogP contribution in [0.4, 0.5) is 0 Å². The summed E-state index contributed by atoms with van der Waals surface area (Å²) in [6, 6.07) is 2.11. The number of hydrogen-bond acceptors (Lipinski definition) is 3.